The Labute approximate surface area is 130 Å². The number of rotatable bonds is 9. The number of aliphatic hydroxyl groups excluding tert-OH is 1. The van der Waals surface area contributed by atoms with Gasteiger partial charge in [0.2, 0.25) is 5.91 Å². The molecular weight excluding hydrogens is 296 g/mol. The number of ether oxygens (including phenoxy) is 1. The second-order valence-electron chi connectivity index (χ2n) is 5.36. The van der Waals surface area contributed by atoms with Gasteiger partial charge in [0.1, 0.15) is 18.5 Å². The second-order valence-corrected chi connectivity index (χ2v) is 5.81. The number of hydrogen-bond donors (Lipinski definition) is 4. The Morgan fingerprint density at radius 1 is 1.24 bits per heavy atom. The Hall–Kier alpha value is -1.28. The van der Waals surface area contributed by atoms with Gasteiger partial charge in [-0.25, -0.2) is 4.79 Å². The van der Waals surface area contributed by atoms with Gasteiger partial charge in [-0.05, 0) is 6.92 Å². The van der Waals surface area contributed by atoms with Gasteiger partial charge in [-0.3, -0.25) is 9.59 Å². The van der Waals surface area contributed by atoms with Crippen LogP contribution in [0.4, 0.5) is 4.79 Å². The first kappa shape index (κ1) is 19.7. The van der Waals surface area contributed by atoms with Crippen LogP contribution in [0, 0.1) is 5.41 Å². The van der Waals surface area contributed by atoms with Gasteiger partial charge in [0.05, 0.1) is 0 Å². The molecule has 1 atom stereocenters. The number of aliphatic hydroxyl groups is 1. The summed E-state index contributed by atoms with van der Waals surface area (Å²) < 4.78 is 4.94. The minimum Gasteiger partial charge on any atom is -0.449 e. The topological polar surface area (TPSA) is 105 Å². The number of amides is 2. The SMILES string of the molecule is CC(=O)CCNC(=O)[C@H](O)C(C)(C)COC(=O)NCCS. The van der Waals surface area contributed by atoms with Gasteiger partial charge < -0.3 is 20.5 Å². The van der Waals surface area contributed by atoms with E-state index in [1.54, 1.807) is 13.8 Å². The predicted octanol–water partition coefficient (Wildman–Crippen LogP) is 0.125. The van der Waals surface area contributed by atoms with Crippen molar-refractivity contribution in [2.75, 3.05) is 25.4 Å². The van der Waals surface area contributed by atoms with Crippen LogP contribution in [0.25, 0.3) is 0 Å². The predicted molar refractivity (Wildman–Crippen MR) is 81.3 cm³/mol. The van der Waals surface area contributed by atoms with Crippen LogP contribution >= 0.6 is 12.6 Å². The van der Waals surface area contributed by atoms with Crippen molar-refractivity contribution < 1.29 is 24.2 Å². The highest BCUT2D eigenvalue weighted by molar-refractivity contribution is 7.80. The molecule has 7 nitrogen and oxygen atoms in total. The zero-order valence-electron chi connectivity index (χ0n) is 12.6. The van der Waals surface area contributed by atoms with Crippen molar-refractivity contribution in [3.8, 4) is 0 Å². The summed E-state index contributed by atoms with van der Waals surface area (Å²) in [6.07, 6.45) is -1.76. The van der Waals surface area contributed by atoms with Crippen molar-refractivity contribution in [3.63, 3.8) is 0 Å². The summed E-state index contributed by atoms with van der Waals surface area (Å²) in [7, 11) is 0. The maximum Gasteiger partial charge on any atom is 0.407 e. The first-order valence-electron chi connectivity index (χ1n) is 6.67. The summed E-state index contributed by atoms with van der Waals surface area (Å²) >= 11 is 3.94. The van der Waals surface area contributed by atoms with Crippen molar-refractivity contribution in [1.29, 1.82) is 0 Å². The number of alkyl carbamates (subject to hydrolysis) is 1. The summed E-state index contributed by atoms with van der Waals surface area (Å²) in [5.74, 6) is -0.159. The van der Waals surface area contributed by atoms with Crippen LogP contribution < -0.4 is 10.6 Å². The molecule has 0 saturated heterocycles. The molecule has 0 unspecified atom stereocenters. The monoisotopic (exact) mass is 320 g/mol. The lowest BCUT2D eigenvalue weighted by Gasteiger charge is -2.28. The highest BCUT2D eigenvalue weighted by Crippen LogP contribution is 2.21. The van der Waals surface area contributed by atoms with Crippen molar-refractivity contribution in [2.45, 2.75) is 33.3 Å². The maximum absolute atomic E-state index is 11.7. The number of Topliss-reactive ketones (excluding diaryl/α,β-unsaturated/α-hetero) is 1. The molecule has 0 aliphatic heterocycles. The van der Waals surface area contributed by atoms with Crippen LogP contribution in [0.15, 0.2) is 0 Å². The Bertz CT molecular complexity index is 374. The molecule has 21 heavy (non-hydrogen) atoms. The largest absolute Gasteiger partial charge is 0.449 e. The van der Waals surface area contributed by atoms with E-state index in [4.69, 9.17) is 4.74 Å². The summed E-state index contributed by atoms with van der Waals surface area (Å²) in [4.78, 5) is 33.8. The van der Waals surface area contributed by atoms with Gasteiger partial charge in [-0.1, -0.05) is 13.8 Å². The van der Waals surface area contributed by atoms with Gasteiger partial charge in [-0.15, -0.1) is 0 Å². The number of ketones is 1. The smallest absolute Gasteiger partial charge is 0.407 e. The second kappa shape index (κ2) is 9.62. The molecule has 0 aliphatic rings. The lowest BCUT2D eigenvalue weighted by atomic mass is 9.87. The lowest BCUT2D eigenvalue weighted by Crippen LogP contribution is -2.47. The van der Waals surface area contributed by atoms with Crippen molar-refractivity contribution in [2.24, 2.45) is 5.41 Å². The molecule has 0 aromatic rings. The van der Waals surface area contributed by atoms with E-state index in [0.717, 1.165) is 0 Å². The molecule has 0 spiro atoms. The molecule has 0 saturated carbocycles. The zero-order chi connectivity index (χ0) is 16.5. The van der Waals surface area contributed by atoms with Gasteiger partial charge in [0.25, 0.3) is 0 Å². The highest BCUT2D eigenvalue weighted by atomic mass is 32.1. The molecule has 0 aromatic carbocycles. The fourth-order valence-electron chi connectivity index (χ4n) is 1.35. The fraction of sp³-hybridized carbons (Fsp3) is 0.769. The van der Waals surface area contributed by atoms with Crippen LogP contribution in [0.1, 0.15) is 27.2 Å². The van der Waals surface area contributed by atoms with E-state index in [1.165, 1.54) is 6.92 Å². The average Bonchev–Trinajstić information content (AvgIpc) is 2.41. The number of nitrogens with one attached hydrogen (secondary N) is 2. The third-order valence-corrected chi connectivity index (χ3v) is 2.94. The van der Waals surface area contributed by atoms with Crippen LogP contribution in [-0.4, -0.2) is 54.4 Å². The lowest BCUT2D eigenvalue weighted by molar-refractivity contribution is -0.137. The third-order valence-electron chi connectivity index (χ3n) is 2.72. The van der Waals surface area contributed by atoms with Gasteiger partial charge >= 0.3 is 6.09 Å². The molecular formula is C13H24N2O5S. The molecule has 3 N–H and O–H groups in total. The summed E-state index contributed by atoms with van der Waals surface area (Å²) in [6, 6.07) is 0. The Morgan fingerprint density at radius 3 is 2.38 bits per heavy atom. The van der Waals surface area contributed by atoms with E-state index in [9.17, 15) is 19.5 Å². The minimum atomic E-state index is -1.35. The zero-order valence-corrected chi connectivity index (χ0v) is 13.5. The molecule has 0 rings (SSSR count). The molecule has 0 aromatic heterocycles. The number of hydrogen-bond acceptors (Lipinski definition) is 6. The van der Waals surface area contributed by atoms with E-state index >= 15 is 0 Å². The van der Waals surface area contributed by atoms with E-state index in [-0.39, 0.29) is 25.4 Å². The molecule has 0 fully saturated rings. The third kappa shape index (κ3) is 8.56. The molecule has 122 valence electrons. The van der Waals surface area contributed by atoms with Gasteiger partial charge in [0.15, 0.2) is 0 Å². The normalized spacial score (nSPS) is 12.4. The van der Waals surface area contributed by atoms with Crippen LogP contribution in [0.3, 0.4) is 0 Å². The van der Waals surface area contributed by atoms with Gasteiger partial charge in [0, 0.05) is 30.7 Å². The summed E-state index contributed by atoms with van der Waals surface area (Å²) in [6.45, 7) is 5.06. The van der Waals surface area contributed by atoms with E-state index in [2.05, 4.69) is 23.3 Å². The number of thiol groups is 1. The molecule has 0 bridgehead atoms. The van der Waals surface area contributed by atoms with Crippen molar-refractivity contribution in [3.05, 3.63) is 0 Å². The number of carbonyl (C=O) groups excluding carboxylic acids is 3. The quantitative estimate of drug-likeness (QED) is 0.452. The summed E-state index contributed by atoms with van der Waals surface area (Å²) in [5.41, 5.74) is -0.946. The Balaban J connectivity index is 4.24. The van der Waals surface area contributed by atoms with E-state index in [0.29, 0.717) is 12.3 Å². The molecule has 0 aliphatic carbocycles. The first-order valence-corrected chi connectivity index (χ1v) is 7.30. The fourth-order valence-corrected chi connectivity index (χ4v) is 1.46. The molecule has 0 heterocycles. The first-order chi connectivity index (χ1) is 9.70. The molecule has 0 radical (unpaired) electrons. The Morgan fingerprint density at radius 2 is 1.86 bits per heavy atom. The van der Waals surface area contributed by atoms with Crippen LogP contribution in [0.5, 0.6) is 0 Å². The standard InChI is InChI=1S/C13H24N2O5S/c1-9(16)4-5-14-11(18)10(17)13(2,3)8-20-12(19)15-6-7-21/h10,17,21H,4-8H2,1-3H3,(H,14,18)(H,15,19)/t10-/m0/s1. The molecule has 8 heteroatoms. The average molecular weight is 320 g/mol. The van der Waals surface area contributed by atoms with E-state index < -0.39 is 23.5 Å². The summed E-state index contributed by atoms with van der Waals surface area (Å²) in [5, 5.41) is 14.9. The number of carbonyl (C=O) groups is 3. The van der Waals surface area contributed by atoms with Gasteiger partial charge in [-0.2, -0.15) is 12.6 Å². The molecule has 2 amide bonds. The maximum atomic E-state index is 11.7. The van der Waals surface area contributed by atoms with Crippen LogP contribution in [0.2, 0.25) is 0 Å². The van der Waals surface area contributed by atoms with E-state index in [1.807, 2.05) is 0 Å². The Kier molecular flexibility index (Phi) is 9.03. The highest BCUT2D eigenvalue weighted by Gasteiger charge is 2.34. The van der Waals surface area contributed by atoms with Crippen molar-refractivity contribution >= 4 is 30.4 Å². The van der Waals surface area contributed by atoms with Crippen molar-refractivity contribution in [1.82, 2.24) is 10.6 Å². The minimum absolute atomic E-state index is 0.0479. The van der Waals surface area contributed by atoms with Crippen LogP contribution in [-0.2, 0) is 14.3 Å².